The molecule has 1 aliphatic heterocycles. The Morgan fingerprint density at radius 3 is 2.57 bits per heavy atom. The number of fused-ring (bicyclic) bond motifs is 5. The molecule has 0 amide bonds. The fraction of sp³-hybridized carbons (Fsp3) is 0.579. The second kappa shape index (κ2) is 3.97. The summed E-state index contributed by atoms with van der Waals surface area (Å²) in [6.45, 7) is 4.63. The van der Waals surface area contributed by atoms with Crippen LogP contribution >= 0.6 is 0 Å². The second-order valence-electron chi connectivity index (χ2n) is 7.34. The standard InChI is InChI=1S/C19H22N2/c1-4-13-17(2)18(3)15-11-8-12-16(15)19(17,21-20-18)14-9-6-5-7-10-14/h1,5-7,9-10,15-16H,8,11-13H2,2-3H3/t15-,16+,17?,18-,19+/m1/s1. The second-order valence-corrected chi connectivity index (χ2v) is 7.34. The van der Waals surface area contributed by atoms with E-state index in [0.29, 0.717) is 11.8 Å². The van der Waals surface area contributed by atoms with Crippen LogP contribution < -0.4 is 0 Å². The van der Waals surface area contributed by atoms with Crippen LogP contribution in [-0.2, 0) is 5.54 Å². The first-order valence-corrected chi connectivity index (χ1v) is 8.03. The van der Waals surface area contributed by atoms with Gasteiger partial charge in [-0.3, -0.25) is 0 Å². The maximum Gasteiger partial charge on any atom is 0.118 e. The minimum atomic E-state index is -0.212. The smallest absolute Gasteiger partial charge is 0.118 e. The topological polar surface area (TPSA) is 24.7 Å². The van der Waals surface area contributed by atoms with Crippen LogP contribution in [0.5, 0.6) is 0 Å². The van der Waals surface area contributed by atoms with Crippen LogP contribution in [-0.4, -0.2) is 5.54 Å². The monoisotopic (exact) mass is 278 g/mol. The summed E-state index contributed by atoms with van der Waals surface area (Å²) in [7, 11) is 0. The number of benzene rings is 1. The number of hydrogen-bond donors (Lipinski definition) is 0. The lowest BCUT2D eigenvalue weighted by molar-refractivity contribution is 0.133. The van der Waals surface area contributed by atoms with Crippen LogP contribution in [0.3, 0.4) is 0 Å². The molecule has 2 saturated carbocycles. The molecule has 2 nitrogen and oxygen atoms in total. The lowest BCUT2D eigenvalue weighted by Crippen LogP contribution is -2.46. The average molecular weight is 278 g/mol. The van der Waals surface area contributed by atoms with Crippen molar-refractivity contribution in [3.8, 4) is 12.3 Å². The lowest BCUT2D eigenvalue weighted by Gasteiger charge is -2.42. The van der Waals surface area contributed by atoms with Crippen LogP contribution in [0, 0.1) is 29.6 Å². The first-order chi connectivity index (χ1) is 10.1. The van der Waals surface area contributed by atoms with Gasteiger partial charge in [0.2, 0.25) is 0 Å². The van der Waals surface area contributed by atoms with Crippen molar-refractivity contribution in [1.82, 2.24) is 0 Å². The normalized spacial score (nSPS) is 46.5. The highest BCUT2D eigenvalue weighted by Gasteiger charge is 2.77. The zero-order valence-electron chi connectivity index (χ0n) is 12.8. The molecule has 2 heteroatoms. The molecule has 1 aromatic rings. The average Bonchev–Trinajstić information content (AvgIpc) is 3.10. The maximum atomic E-state index is 5.76. The van der Waals surface area contributed by atoms with E-state index >= 15 is 0 Å². The van der Waals surface area contributed by atoms with Gasteiger partial charge in [-0.1, -0.05) is 43.7 Å². The Bertz CT molecular complexity index is 643. The van der Waals surface area contributed by atoms with Gasteiger partial charge < -0.3 is 0 Å². The maximum absolute atomic E-state index is 5.76. The van der Waals surface area contributed by atoms with Crippen LogP contribution in [0.15, 0.2) is 40.6 Å². The van der Waals surface area contributed by atoms with E-state index in [2.05, 4.69) is 50.1 Å². The molecule has 0 radical (unpaired) electrons. The van der Waals surface area contributed by atoms with E-state index in [1.807, 2.05) is 0 Å². The molecule has 2 fully saturated rings. The molecular formula is C19H22N2. The Morgan fingerprint density at radius 1 is 1.14 bits per heavy atom. The summed E-state index contributed by atoms with van der Waals surface area (Å²) in [5, 5.41) is 9.75. The molecule has 3 aliphatic rings. The van der Waals surface area contributed by atoms with Crippen molar-refractivity contribution in [3.63, 3.8) is 0 Å². The summed E-state index contributed by atoms with van der Waals surface area (Å²) in [6, 6.07) is 10.8. The molecule has 108 valence electrons. The van der Waals surface area contributed by atoms with E-state index in [1.54, 1.807) is 0 Å². The predicted molar refractivity (Wildman–Crippen MR) is 83.8 cm³/mol. The van der Waals surface area contributed by atoms with Gasteiger partial charge in [-0.25, -0.2) is 0 Å². The van der Waals surface area contributed by atoms with E-state index in [4.69, 9.17) is 16.7 Å². The highest BCUT2D eigenvalue weighted by Crippen LogP contribution is 2.75. The van der Waals surface area contributed by atoms with Crippen molar-refractivity contribution in [3.05, 3.63) is 35.9 Å². The fourth-order valence-electron chi connectivity index (χ4n) is 5.69. The molecule has 0 spiro atoms. The molecule has 5 atom stereocenters. The lowest BCUT2D eigenvalue weighted by atomic mass is 9.61. The number of nitrogens with zero attached hydrogens (tertiary/aromatic N) is 2. The van der Waals surface area contributed by atoms with Gasteiger partial charge in [0.15, 0.2) is 0 Å². The molecule has 4 rings (SSSR count). The van der Waals surface area contributed by atoms with Crippen molar-refractivity contribution in [2.75, 3.05) is 0 Å². The van der Waals surface area contributed by atoms with E-state index in [0.717, 1.165) is 6.42 Å². The Kier molecular flexibility index (Phi) is 2.47. The van der Waals surface area contributed by atoms with Gasteiger partial charge in [0.05, 0.1) is 5.54 Å². The molecule has 2 bridgehead atoms. The molecule has 0 saturated heterocycles. The third kappa shape index (κ3) is 1.23. The molecule has 1 aromatic carbocycles. The van der Waals surface area contributed by atoms with Gasteiger partial charge in [0.1, 0.15) is 5.54 Å². The molecule has 2 aliphatic carbocycles. The molecule has 1 unspecified atom stereocenters. The van der Waals surface area contributed by atoms with Crippen molar-refractivity contribution in [2.45, 2.75) is 50.6 Å². The molecule has 0 N–H and O–H groups in total. The molecular weight excluding hydrogens is 256 g/mol. The minimum Gasteiger partial charge on any atom is -0.186 e. The summed E-state index contributed by atoms with van der Waals surface area (Å²) in [5.41, 5.74) is 0.934. The highest BCUT2D eigenvalue weighted by molar-refractivity contribution is 5.40. The van der Waals surface area contributed by atoms with Gasteiger partial charge in [-0.15, -0.1) is 12.3 Å². The molecule has 0 aromatic heterocycles. The third-order valence-corrected chi connectivity index (χ3v) is 6.82. The van der Waals surface area contributed by atoms with Gasteiger partial charge >= 0.3 is 0 Å². The first-order valence-electron chi connectivity index (χ1n) is 8.03. The Morgan fingerprint density at radius 2 is 1.86 bits per heavy atom. The van der Waals surface area contributed by atoms with Crippen LogP contribution in [0.4, 0.5) is 0 Å². The first kappa shape index (κ1) is 13.1. The Labute approximate surface area is 127 Å². The molecule has 21 heavy (non-hydrogen) atoms. The van der Waals surface area contributed by atoms with Crippen molar-refractivity contribution < 1.29 is 0 Å². The largest absolute Gasteiger partial charge is 0.186 e. The fourth-order valence-corrected chi connectivity index (χ4v) is 5.69. The number of azo groups is 1. The van der Waals surface area contributed by atoms with E-state index in [9.17, 15) is 0 Å². The van der Waals surface area contributed by atoms with Gasteiger partial charge in [-0.2, -0.15) is 10.2 Å². The van der Waals surface area contributed by atoms with Gasteiger partial charge in [-0.05, 0) is 37.2 Å². The van der Waals surface area contributed by atoms with Gasteiger partial charge in [0.25, 0.3) is 0 Å². The third-order valence-electron chi connectivity index (χ3n) is 6.82. The van der Waals surface area contributed by atoms with Crippen LogP contribution in [0.2, 0.25) is 0 Å². The number of rotatable bonds is 2. The zero-order valence-corrected chi connectivity index (χ0v) is 12.8. The SMILES string of the molecule is C#CCC1(C)[C@]2(C)N=N[C@@]1(c1ccccc1)[C@H]1CCC[C@H]12. The Balaban J connectivity index is 1.99. The summed E-state index contributed by atoms with van der Waals surface area (Å²) < 4.78 is 0. The number of hydrogen-bond acceptors (Lipinski definition) is 2. The molecule has 1 heterocycles. The summed E-state index contributed by atoms with van der Waals surface area (Å²) in [5.74, 6) is 4.17. The summed E-state index contributed by atoms with van der Waals surface area (Å²) in [6.07, 6.45) is 10.3. The number of terminal acetylenes is 1. The highest BCUT2D eigenvalue weighted by atomic mass is 15.3. The Hall–Kier alpha value is -1.62. The van der Waals surface area contributed by atoms with E-state index < -0.39 is 0 Å². The summed E-state index contributed by atoms with van der Waals surface area (Å²) >= 11 is 0. The van der Waals surface area contributed by atoms with Crippen LogP contribution in [0.25, 0.3) is 0 Å². The van der Waals surface area contributed by atoms with E-state index in [-0.39, 0.29) is 16.5 Å². The minimum absolute atomic E-state index is 0.0636. The quantitative estimate of drug-likeness (QED) is 0.708. The van der Waals surface area contributed by atoms with Crippen LogP contribution in [0.1, 0.15) is 45.1 Å². The predicted octanol–water partition coefficient (Wildman–Crippen LogP) is 4.57. The van der Waals surface area contributed by atoms with Crippen molar-refractivity contribution in [1.29, 1.82) is 0 Å². The zero-order chi connectivity index (χ0) is 14.7. The van der Waals surface area contributed by atoms with Crippen molar-refractivity contribution in [2.24, 2.45) is 27.5 Å². The van der Waals surface area contributed by atoms with Crippen molar-refractivity contribution >= 4 is 0 Å². The van der Waals surface area contributed by atoms with Gasteiger partial charge in [0, 0.05) is 11.8 Å². The summed E-state index contributed by atoms with van der Waals surface area (Å²) in [4.78, 5) is 0. The van der Waals surface area contributed by atoms with E-state index in [1.165, 1.54) is 24.8 Å².